The Labute approximate surface area is 401 Å². The molecule has 0 fully saturated rings. The molecule has 0 aromatic carbocycles. The van der Waals surface area contributed by atoms with Crippen LogP contribution < -0.4 is 0 Å². The topological polar surface area (TPSA) is 732 Å². The van der Waals surface area contributed by atoms with Gasteiger partial charge in [-0.25, -0.2) is 0 Å². The number of aliphatic hydroxyl groups excluding tert-OH is 12. The second kappa shape index (κ2) is 172. The van der Waals surface area contributed by atoms with E-state index in [0.717, 1.165) is 28.4 Å². The maximum absolute atomic E-state index is 8.13. The molecule has 58 heavy (non-hydrogen) atoms. The number of hydrogen-bond donors (Lipinski definition) is 20. The van der Waals surface area contributed by atoms with Gasteiger partial charge in [0.1, 0.15) is 0 Å². The zero-order valence-electron chi connectivity index (χ0n) is 33.1. The Kier molecular flexibility index (Phi) is 505. The van der Waals surface area contributed by atoms with Crippen LogP contribution in [0.15, 0.2) is 0 Å². The summed E-state index contributed by atoms with van der Waals surface area (Å²) in [6.07, 6.45) is -10.0. The Balaban J connectivity index is -0.00000000922. The molecule has 0 heterocycles. The fourth-order valence-electron chi connectivity index (χ4n) is 0.894. The molecule has 392 valence electrons. The van der Waals surface area contributed by atoms with Crippen LogP contribution in [0.1, 0.15) is 65.2 Å². The molecule has 0 aliphatic rings. The van der Waals surface area contributed by atoms with Gasteiger partial charge in [-0.3, -0.25) is 0 Å². The monoisotopic (exact) mass is 1160 g/mol. The molecule has 0 aromatic rings. The Morgan fingerprint density at radius 2 is 0.276 bits per heavy atom. The van der Waals surface area contributed by atoms with Gasteiger partial charge in [0.2, 0.25) is 0 Å². The van der Waals surface area contributed by atoms with Crippen LogP contribution in [0.3, 0.4) is 0 Å². The van der Waals surface area contributed by atoms with Crippen LogP contribution in [0.2, 0.25) is 0 Å². The SMILES string of the molecule is CCC(O)O.CCC(O)O.CO.CO.CO.CO.O.O.OC(O)CCC(O)O.OC(O)CCC(O)O.OC(O)CCC(O)O.[Mn].[Mn].[Mn].[Mn].[Mn].[Mn].[OH3+].[OH3+].[OH3+].[OH3+].[OH3+].[OH3+].[OH3+].[OH3+]. The summed E-state index contributed by atoms with van der Waals surface area (Å²) in [5.74, 6) is 0. The second-order valence-electron chi connectivity index (χ2n) is 6.39. The van der Waals surface area contributed by atoms with Gasteiger partial charge in [-0.15, -0.1) is 0 Å². The Hall–Kier alpha value is 1.92. The van der Waals surface area contributed by atoms with Crippen molar-refractivity contribution in [1.29, 1.82) is 0 Å². The molecular formula is C22H90Mn6O30+8. The average molecular weight is 1160 g/mol. The van der Waals surface area contributed by atoms with E-state index in [9.17, 15) is 0 Å². The summed E-state index contributed by atoms with van der Waals surface area (Å²) < 4.78 is 0. The third kappa shape index (κ3) is 429. The minimum Gasteiger partial charge on any atom is -0.457 e. The van der Waals surface area contributed by atoms with E-state index in [1.165, 1.54) is 0 Å². The van der Waals surface area contributed by atoms with E-state index in [-0.39, 0.29) is 196 Å². The second-order valence-corrected chi connectivity index (χ2v) is 6.39. The summed E-state index contributed by atoms with van der Waals surface area (Å²) >= 11 is 0. The first-order valence-corrected chi connectivity index (χ1v) is 12.1. The van der Waals surface area contributed by atoms with Gasteiger partial charge in [-0.2, -0.15) is 0 Å². The van der Waals surface area contributed by atoms with Crippen molar-refractivity contribution in [2.75, 3.05) is 28.4 Å². The van der Waals surface area contributed by atoms with Crippen LogP contribution in [0.25, 0.3) is 0 Å². The summed E-state index contributed by atoms with van der Waals surface area (Å²) in [6.45, 7) is 3.40. The number of rotatable bonds is 11. The van der Waals surface area contributed by atoms with E-state index in [0.29, 0.717) is 12.8 Å². The van der Waals surface area contributed by atoms with E-state index in [1.54, 1.807) is 13.8 Å². The van der Waals surface area contributed by atoms with Crippen LogP contribution in [0.4, 0.5) is 0 Å². The Bertz CT molecular complexity index is 313. The smallest absolute Gasteiger partial charge is 0.151 e. The van der Waals surface area contributed by atoms with Crippen molar-refractivity contribution in [3.05, 3.63) is 0 Å². The van der Waals surface area contributed by atoms with Crippen LogP contribution in [-0.4, -0.2) is 192 Å². The molecule has 0 aliphatic heterocycles. The average Bonchev–Trinajstić information content (AvgIpc) is 2.95. The standard InChI is InChI=1S/3C4H10O4.2C3H8O2.4CH4O.6Mn.10H2O/c3*5-3(6)1-2-4(7)8;2*1-2-3(4)5;4*1-2;;;;;;;;;;;;;;;;/h3*3-8H,1-2H2;2*3-5H,2H2,1H3;4*2H,1H3;;;;;;;10*1H2/p+8. The predicted molar refractivity (Wildman–Crippen MR) is 193 cm³/mol. The van der Waals surface area contributed by atoms with E-state index in [1.807, 2.05) is 0 Å². The predicted octanol–water partition coefficient (Wildman–Crippen LogP) is -16.0. The fraction of sp³-hybridized carbons (Fsp3) is 1.00. The minimum atomic E-state index is -1.43. The van der Waals surface area contributed by atoms with Gasteiger partial charge < -0.3 is 157 Å². The van der Waals surface area contributed by atoms with Crippen LogP contribution >= 0.6 is 0 Å². The molecule has 0 amide bonds. The van der Waals surface area contributed by atoms with Gasteiger partial charge in [0.05, 0.1) is 0 Å². The first-order chi connectivity index (χ1) is 19.4. The number of aliphatic hydroxyl groups is 20. The summed E-state index contributed by atoms with van der Waals surface area (Å²) in [5.41, 5.74) is 0. The molecule has 36 heteroatoms. The minimum absolute atomic E-state index is 0. The number of hydrogen-bond acceptors (Lipinski definition) is 20. The van der Waals surface area contributed by atoms with E-state index in [2.05, 4.69) is 0 Å². The molecule has 6 radical (unpaired) electrons. The summed E-state index contributed by atoms with van der Waals surface area (Å²) in [4.78, 5) is 0. The van der Waals surface area contributed by atoms with Crippen LogP contribution in [-0.2, 0) is 146 Å². The van der Waals surface area contributed by atoms with Crippen LogP contribution in [0.5, 0.6) is 0 Å². The van der Waals surface area contributed by atoms with Crippen molar-refractivity contribution < 1.29 is 259 Å². The molecule has 0 atom stereocenters. The fourth-order valence-corrected chi connectivity index (χ4v) is 0.894. The van der Waals surface area contributed by atoms with E-state index < -0.39 is 50.3 Å². The molecule has 48 N–H and O–H groups in total. The molecule has 0 spiro atoms. The van der Waals surface area contributed by atoms with E-state index in [4.69, 9.17) is 102 Å². The van der Waals surface area contributed by atoms with Crippen molar-refractivity contribution >= 4 is 0 Å². The molecular weight excluding hydrogens is 1070 g/mol. The maximum atomic E-state index is 8.13. The first kappa shape index (κ1) is 171. The molecule has 0 saturated carbocycles. The largest absolute Gasteiger partial charge is 0.457 e. The van der Waals surface area contributed by atoms with Gasteiger partial charge in [-0.1, -0.05) is 13.8 Å². The van der Waals surface area contributed by atoms with Crippen molar-refractivity contribution in [2.45, 2.75) is 116 Å². The molecule has 0 unspecified atom stereocenters. The maximum Gasteiger partial charge on any atom is 0.151 e. The zero-order chi connectivity index (χ0) is 36.3. The summed E-state index contributed by atoms with van der Waals surface area (Å²) in [5, 5.41) is 157. The van der Waals surface area contributed by atoms with Crippen molar-refractivity contribution in [2.24, 2.45) is 0 Å². The Morgan fingerprint density at radius 1 is 0.224 bits per heavy atom. The zero-order valence-corrected chi connectivity index (χ0v) is 40.2. The van der Waals surface area contributed by atoms with Gasteiger partial charge in [0.15, 0.2) is 50.3 Å². The molecule has 30 nitrogen and oxygen atoms in total. The van der Waals surface area contributed by atoms with Gasteiger partial charge in [0.25, 0.3) is 0 Å². The molecule has 0 bridgehead atoms. The van der Waals surface area contributed by atoms with Crippen LogP contribution in [0, 0.1) is 0 Å². The van der Waals surface area contributed by atoms with Crippen molar-refractivity contribution in [3.63, 3.8) is 0 Å². The van der Waals surface area contributed by atoms with Crippen molar-refractivity contribution in [1.82, 2.24) is 0 Å². The third-order valence-corrected chi connectivity index (χ3v) is 2.78. The molecule has 0 rings (SSSR count). The molecule has 0 aromatic heterocycles. The summed E-state index contributed by atoms with van der Waals surface area (Å²) in [6, 6.07) is 0. The van der Waals surface area contributed by atoms with Gasteiger partial charge in [0, 0.05) is 169 Å². The quantitative estimate of drug-likeness (QED) is 0.0519. The van der Waals surface area contributed by atoms with E-state index >= 15 is 0 Å². The molecule has 0 saturated heterocycles. The normalized spacial score (nSPS) is 6.72. The first-order valence-electron chi connectivity index (χ1n) is 12.1. The Morgan fingerprint density at radius 3 is 0.293 bits per heavy atom. The van der Waals surface area contributed by atoms with Crippen molar-refractivity contribution in [3.8, 4) is 0 Å². The molecule has 0 aliphatic carbocycles. The van der Waals surface area contributed by atoms with Gasteiger partial charge >= 0.3 is 0 Å². The third-order valence-electron chi connectivity index (χ3n) is 2.78. The summed E-state index contributed by atoms with van der Waals surface area (Å²) in [7, 11) is 4.00. The van der Waals surface area contributed by atoms with Gasteiger partial charge in [-0.05, 0) is 12.8 Å².